The molecule has 1 amide bonds. The minimum atomic E-state index is -0.0510. The standard InChI is InChI=1S/C16H16ClNO/c1-11(18-10-13(17)9-16(18)19)14-8-4-6-12-5-2-3-7-15(12)14/h2-8,11,13H,9-10H2,1H3. The second-order valence-corrected chi connectivity index (χ2v) is 5.71. The van der Waals surface area contributed by atoms with E-state index in [0.717, 1.165) is 0 Å². The number of rotatable bonds is 2. The van der Waals surface area contributed by atoms with Gasteiger partial charge >= 0.3 is 0 Å². The van der Waals surface area contributed by atoms with E-state index in [1.54, 1.807) is 0 Å². The zero-order valence-electron chi connectivity index (χ0n) is 10.8. The highest BCUT2D eigenvalue weighted by atomic mass is 35.5. The Bertz CT molecular complexity index is 620. The Morgan fingerprint density at radius 2 is 1.95 bits per heavy atom. The molecule has 1 aliphatic rings. The Labute approximate surface area is 118 Å². The first kappa shape index (κ1) is 12.5. The van der Waals surface area contributed by atoms with Crippen molar-refractivity contribution in [2.24, 2.45) is 0 Å². The topological polar surface area (TPSA) is 20.3 Å². The van der Waals surface area contributed by atoms with Gasteiger partial charge in [0.05, 0.1) is 11.4 Å². The number of benzene rings is 2. The Kier molecular flexibility index (Phi) is 3.19. The molecule has 0 spiro atoms. The third-order valence-electron chi connectivity index (χ3n) is 3.85. The van der Waals surface area contributed by atoms with Crippen LogP contribution in [-0.2, 0) is 4.79 Å². The van der Waals surface area contributed by atoms with Crippen molar-refractivity contribution < 1.29 is 4.79 Å². The maximum Gasteiger partial charge on any atom is 0.224 e. The third kappa shape index (κ3) is 2.21. The molecule has 98 valence electrons. The molecule has 0 bridgehead atoms. The van der Waals surface area contributed by atoms with Crippen LogP contribution in [0.15, 0.2) is 42.5 Å². The van der Waals surface area contributed by atoms with Crippen LogP contribution in [0.3, 0.4) is 0 Å². The summed E-state index contributed by atoms with van der Waals surface area (Å²) in [5, 5.41) is 2.37. The molecule has 3 heteroatoms. The van der Waals surface area contributed by atoms with Crippen molar-refractivity contribution in [3.8, 4) is 0 Å². The van der Waals surface area contributed by atoms with Crippen LogP contribution < -0.4 is 0 Å². The van der Waals surface area contributed by atoms with Gasteiger partial charge in [0.1, 0.15) is 0 Å². The van der Waals surface area contributed by atoms with Gasteiger partial charge in [-0.25, -0.2) is 0 Å². The van der Waals surface area contributed by atoms with Crippen LogP contribution in [-0.4, -0.2) is 22.7 Å². The van der Waals surface area contributed by atoms with E-state index >= 15 is 0 Å². The summed E-state index contributed by atoms with van der Waals surface area (Å²) in [5.41, 5.74) is 1.19. The van der Waals surface area contributed by atoms with Crippen LogP contribution in [0.5, 0.6) is 0 Å². The van der Waals surface area contributed by atoms with E-state index < -0.39 is 0 Å². The van der Waals surface area contributed by atoms with Crippen LogP contribution in [0.2, 0.25) is 0 Å². The smallest absolute Gasteiger partial charge is 0.224 e. The maximum atomic E-state index is 12.0. The largest absolute Gasteiger partial charge is 0.334 e. The number of amides is 1. The Balaban J connectivity index is 2.02. The molecule has 0 N–H and O–H groups in total. The van der Waals surface area contributed by atoms with E-state index in [1.807, 2.05) is 23.1 Å². The van der Waals surface area contributed by atoms with E-state index in [9.17, 15) is 4.79 Å². The van der Waals surface area contributed by atoms with Crippen molar-refractivity contribution in [2.75, 3.05) is 6.54 Å². The zero-order chi connectivity index (χ0) is 13.4. The maximum absolute atomic E-state index is 12.0. The molecule has 2 aromatic carbocycles. The molecule has 1 fully saturated rings. The van der Waals surface area contributed by atoms with Crippen molar-refractivity contribution in [1.29, 1.82) is 0 Å². The second-order valence-electron chi connectivity index (χ2n) is 5.09. The number of alkyl halides is 1. The predicted octanol–water partition coefficient (Wildman–Crippen LogP) is 3.74. The van der Waals surface area contributed by atoms with Gasteiger partial charge in [-0.2, -0.15) is 0 Å². The summed E-state index contributed by atoms with van der Waals surface area (Å²) < 4.78 is 0. The highest BCUT2D eigenvalue weighted by Gasteiger charge is 2.32. The molecule has 19 heavy (non-hydrogen) atoms. The molecule has 3 rings (SSSR count). The Hall–Kier alpha value is -1.54. The number of carbonyl (C=O) groups is 1. The van der Waals surface area contributed by atoms with E-state index in [4.69, 9.17) is 11.6 Å². The van der Waals surface area contributed by atoms with E-state index in [-0.39, 0.29) is 17.3 Å². The van der Waals surface area contributed by atoms with E-state index in [0.29, 0.717) is 13.0 Å². The first-order valence-electron chi connectivity index (χ1n) is 6.58. The van der Waals surface area contributed by atoms with Crippen molar-refractivity contribution in [2.45, 2.75) is 24.8 Å². The lowest BCUT2D eigenvalue weighted by molar-refractivity contribution is -0.129. The van der Waals surface area contributed by atoms with Crippen molar-refractivity contribution in [3.63, 3.8) is 0 Å². The van der Waals surface area contributed by atoms with Gasteiger partial charge in [0.15, 0.2) is 0 Å². The fraction of sp³-hybridized carbons (Fsp3) is 0.312. The number of hydrogen-bond donors (Lipinski definition) is 0. The van der Waals surface area contributed by atoms with Crippen molar-refractivity contribution in [3.05, 3.63) is 48.0 Å². The van der Waals surface area contributed by atoms with Gasteiger partial charge in [0.2, 0.25) is 5.91 Å². The van der Waals surface area contributed by atoms with E-state index in [1.165, 1.54) is 16.3 Å². The second kappa shape index (κ2) is 4.86. The highest BCUT2D eigenvalue weighted by Crippen LogP contribution is 2.31. The first-order chi connectivity index (χ1) is 9.16. The van der Waals surface area contributed by atoms with Crippen LogP contribution in [0.25, 0.3) is 10.8 Å². The summed E-state index contributed by atoms with van der Waals surface area (Å²) in [6.45, 7) is 2.72. The van der Waals surface area contributed by atoms with Crippen molar-refractivity contribution >= 4 is 28.3 Å². The zero-order valence-corrected chi connectivity index (χ0v) is 11.6. The minimum Gasteiger partial charge on any atom is -0.334 e. The minimum absolute atomic E-state index is 0.0510. The van der Waals surface area contributed by atoms with Gasteiger partial charge < -0.3 is 4.90 Å². The molecule has 0 aliphatic carbocycles. The van der Waals surface area contributed by atoms with Crippen LogP contribution in [0.1, 0.15) is 24.9 Å². The fourth-order valence-corrected chi connectivity index (χ4v) is 3.12. The summed E-state index contributed by atoms with van der Waals surface area (Å²) >= 11 is 6.09. The SMILES string of the molecule is CC(c1cccc2ccccc12)N1CC(Cl)CC1=O. The Morgan fingerprint density at radius 1 is 1.21 bits per heavy atom. The lowest BCUT2D eigenvalue weighted by Gasteiger charge is -2.26. The molecular weight excluding hydrogens is 258 g/mol. The molecule has 1 heterocycles. The molecule has 0 saturated carbocycles. The number of nitrogens with zero attached hydrogens (tertiary/aromatic N) is 1. The van der Waals surface area contributed by atoms with Crippen LogP contribution in [0.4, 0.5) is 0 Å². The highest BCUT2D eigenvalue weighted by molar-refractivity contribution is 6.22. The lowest BCUT2D eigenvalue weighted by Crippen LogP contribution is -2.28. The summed E-state index contributed by atoms with van der Waals surface area (Å²) in [6, 6.07) is 14.6. The number of likely N-dealkylation sites (tertiary alicyclic amines) is 1. The van der Waals surface area contributed by atoms with Crippen LogP contribution >= 0.6 is 11.6 Å². The quantitative estimate of drug-likeness (QED) is 0.764. The molecule has 2 aromatic rings. The van der Waals surface area contributed by atoms with Gasteiger partial charge in [-0.3, -0.25) is 4.79 Å². The first-order valence-corrected chi connectivity index (χ1v) is 7.01. The molecule has 2 unspecified atom stereocenters. The number of hydrogen-bond acceptors (Lipinski definition) is 1. The normalized spacial score (nSPS) is 21.1. The number of halogens is 1. The Morgan fingerprint density at radius 3 is 2.68 bits per heavy atom. The van der Waals surface area contributed by atoms with Gasteiger partial charge in [-0.15, -0.1) is 11.6 Å². The van der Waals surface area contributed by atoms with Crippen molar-refractivity contribution in [1.82, 2.24) is 4.90 Å². The average molecular weight is 274 g/mol. The number of carbonyl (C=O) groups excluding carboxylic acids is 1. The molecule has 1 aliphatic heterocycles. The predicted molar refractivity (Wildman–Crippen MR) is 78.3 cm³/mol. The molecule has 0 aromatic heterocycles. The molecule has 2 atom stereocenters. The summed E-state index contributed by atoms with van der Waals surface area (Å²) in [6.07, 6.45) is 0.455. The third-order valence-corrected chi connectivity index (χ3v) is 4.14. The molecule has 0 radical (unpaired) electrons. The summed E-state index contributed by atoms with van der Waals surface area (Å²) in [7, 11) is 0. The van der Waals surface area contributed by atoms with E-state index in [2.05, 4.69) is 31.2 Å². The summed E-state index contributed by atoms with van der Waals surface area (Å²) in [4.78, 5) is 13.9. The molecular formula is C16H16ClNO. The van der Waals surface area contributed by atoms with Gasteiger partial charge in [0, 0.05) is 13.0 Å². The van der Waals surface area contributed by atoms with Gasteiger partial charge in [-0.1, -0.05) is 42.5 Å². The summed E-state index contributed by atoms with van der Waals surface area (Å²) in [5.74, 6) is 0.153. The molecule has 1 saturated heterocycles. The monoisotopic (exact) mass is 273 g/mol. The average Bonchev–Trinajstić information content (AvgIpc) is 2.76. The lowest BCUT2D eigenvalue weighted by atomic mass is 9.99. The number of fused-ring (bicyclic) bond motifs is 1. The van der Waals surface area contributed by atoms with Gasteiger partial charge in [-0.05, 0) is 23.3 Å². The fourth-order valence-electron chi connectivity index (χ4n) is 2.84. The van der Waals surface area contributed by atoms with Crippen LogP contribution in [0, 0.1) is 0 Å². The molecule has 2 nitrogen and oxygen atoms in total. The van der Waals surface area contributed by atoms with Gasteiger partial charge in [0.25, 0.3) is 0 Å².